The molecule has 0 N–H and O–H groups in total. The highest BCUT2D eigenvalue weighted by atomic mass is 32.1. The van der Waals surface area contributed by atoms with E-state index >= 15 is 0 Å². The van der Waals surface area contributed by atoms with E-state index in [0.29, 0.717) is 155 Å². The molecule has 143 heavy (non-hydrogen) atoms. The fourth-order valence-corrected chi connectivity index (χ4v) is 12.2. The maximum absolute atomic E-state index is 5.03. The molecule has 0 aliphatic heterocycles. The molecule has 0 aromatic carbocycles. The summed E-state index contributed by atoms with van der Waals surface area (Å²) in [7, 11) is 0. The van der Waals surface area contributed by atoms with Crippen LogP contribution in [0.25, 0.3) is 0 Å². The Bertz CT molecular complexity index is 3870. The SMILES string of the molecule is CC(C)c1cn(C(C)C)nn1.CC(C)c1cn(C(C)C)nn1.CC(C)c1cnn(C(C)C)n1.CC(C)c1cnn(C(C)C)n1.CC(C)c1ncn(C(C)C)n1.CC(C)c1ncn(C(C)C)n1.CC(C)c1nnc(C(C)C)s1.CC(C)c1nnn(C(C)C)n1.CC(C)c1nnn(C(C)C)n1.CC(C)c1noc(C(C)C)n1.CC(C)c1noc(C(C)C)n1.CC(C)c1nsc(C(C)C)n1.CC(C)c1nsc(C(C)C)n1. The number of tetrazole rings is 2. The molecule has 0 amide bonds. The van der Waals surface area contributed by atoms with Gasteiger partial charge in [0.15, 0.2) is 34.9 Å². The van der Waals surface area contributed by atoms with Gasteiger partial charge in [-0.3, -0.25) is 9.36 Å². The van der Waals surface area contributed by atoms with Crippen molar-refractivity contribution in [2.24, 2.45) is 0 Å². The first kappa shape index (κ1) is 131. The third-order valence-electron chi connectivity index (χ3n) is 19.8. The predicted molar refractivity (Wildman–Crippen MR) is 581 cm³/mol. The average molecular weight is 2050 g/mol. The number of nitrogens with zero attached hydrogens (tertiary/aromatic N) is 36. The molecule has 806 valence electrons. The van der Waals surface area contributed by atoms with Crippen LogP contribution in [0.4, 0.5) is 0 Å². The lowest BCUT2D eigenvalue weighted by atomic mass is 10.2. The van der Waals surface area contributed by atoms with E-state index in [2.05, 4.69) is 446 Å². The summed E-state index contributed by atoms with van der Waals surface area (Å²) in [4.78, 5) is 32.4. The minimum atomic E-state index is 0.301. The zero-order valence-electron chi connectivity index (χ0n) is 97.6. The minimum Gasteiger partial charge on any atom is -0.339 e. The van der Waals surface area contributed by atoms with Crippen LogP contribution in [0.2, 0.25) is 0 Å². The summed E-state index contributed by atoms with van der Waals surface area (Å²) in [6.45, 7) is 109. The monoisotopic (exact) mass is 2050 g/mol. The smallest absolute Gasteiger partial charge is 0.229 e. The molecule has 0 atom stereocenters. The van der Waals surface area contributed by atoms with Gasteiger partial charge in [-0.1, -0.05) is 270 Å². The van der Waals surface area contributed by atoms with Gasteiger partial charge in [-0.05, 0) is 168 Å². The van der Waals surface area contributed by atoms with Crippen molar-refractivity contribution >= 4 is 34.4 Å². The molecule has 0 aliphatic carbocycles. The van der Waals surface area contributed by atoms with E-state index < -0.39 is 0 Å². The van der Waals surface area contributed by atoms with Gasteiger partial charge in [0.1, 0.15) is 44.3 Å². The second-order valence-corrected chi connectivity index (χ2v) is 45.6. The Labute approximate surface area is 870 Å². The van der Waals surface area contributed by atoms with Crippen molar-refractivity contribution in [1.29, 1.82) is 0 Å². The Hall–Kier alpha value is -10.1. The highest BCUT2D eigenvalue weighted by Gasteiger charge is 2.19. The van der Waals surface area contributed by atoms with Crippen LogP contribution in [-0.2, 0) is 0 Å². The van der Waals surface area contributed by atoms with Gasteiger partial charge >= 0.3 is 0 Å². The van der Waals surface area contributed by atoms with Crippen molar-refractivity contribution in [3.8, 4) is 0 Å². The van der Waals surface area contributed by atoms with Crippen LogP contribution in [0.5, 0.6) is 0 Å². The van der Waals surface area contributed by atoms with Crippen LogP contribution >= 0.6 is 34.4 Å². The highest BCUT2D eigenvalue weighted by molar-refractivity contribution is 7.11. The normalized spacial score (nSPS) is 11.5. The van der Waals surface area contributed by atoms with Crippen molar-refractivity contribution in [2.45, 2.75) is 515 Å². The van der Waals surface area contributed by atoms with Crippen LogP contribution in [0.15, 0.2) is 46.5 Å². The van der Waals surface area contributed by atoms with Crippen molar-refractivity contribution < 1.29 is 9.05 Å². The Kier molecular flexibility index (Phi) is 60.6. The third-order valence-corrected chi connectivity index (χ3v) is 23.3. The van der Waals surface area contributed by atoms with Crippen LogP contribution < -0.4 is 0 Å². The molecule has 0 aliphatic rings. The summed E-state index contributed by atoms with van der Waals surface area (Å²) < 4.78 is 26.1. The van der Waals surface area contributed by atoms with E-state index in [0.717, 1.165) is 101 Å². The van der Waals surface area contributed by atoms with Crippen LogP contribution in [-0.4, -0.2) is 179 Å². The molecule has 13 aromatic rings. The summed E-state index contributed by atoms with van der Waals surface area (Å²) in [5, 5.41) is 86.2. The Morgan fingerprint density at radius 2 is 0.490 bits per heavy atom. The first-order chi connectivity index (χ1) is 66.4. The molecule has 0 radical (unpaired) electrons. The molecule has 0 spiro atoms. The van der Waals surface area contributed by atoms with Crippen molar-refractivity contribution in [3.63, 3.8) is 0 Å². The number of aromatic nitrogens is 36. The Morgan fingerprint density at radius 3 is 0.629 bits per heavy atom. The molecule has 0 bridgehead atoms. The van der Waals surface area contributed by atoms with Crippen LogP contribution in [0.1, 0.15) is 616 Å². The zero-order chi connectivity index (χ0) is 110. The first-order valence-corrected chi connectivity index (χ1v) is 54.0. The molecule has 38 nitrogen and oxygen atoms in total. The maximum Gasteiger partial charge on any atom is 0.229 e. The van der Waals surface area contributed by atoms with Crippen molar-refractivity contribution in [1.82, 2.24) is 179 Å². The van der Waals surface area contributed by atoms with E-state index in [9.17, 15) is 0 Å². The van der Waals surface area contributed by atoms with Crippen LogP contribution in [0, 0.1) is 0 Å². The summed E-state index contributed by atoms with van der Waals surface area (Å²) in [6, 6.07) is 2.98. The highest BCUT2D eigenvalue weighted by Crippen LogP contribution is 2.27. The second-order valence-electron chi connectivity index (χ2n) is 43.0. The summed E-state index contributed by atoms with van der Waals surface area (Å²) in [6.07, 6.45) is 11.3. The lowest BCUT2D eigenvalue weighted by molar-refractivity contribution is 0.359. The molecule has 0 fully saturated rings. The Morgan fingerprint density at radius 1 is 0.217 bits per heavy atom. The number of rotatable bonds is 26. The van der Waals surface area contributed by atoms with E-state index in [1.54, 1.807) is 43.2 Å². The third kappa shape index (κ3) is 50.1. The van der Waals surface area contributed by atoms with E-state index in [4.69, 9.17) is 9.05 Å². The molecule has 0 saturated carbocycles. The molecular weight excluding hydrogens is 1860 g/mol. The standard InChI is InChI=1S/6C8H15N3.2C8H14N2O.3C8H14N2S.2C7H14N4/c2*1-6(2)8-9-5-11(10-8)7(3)4;2*1-6(2)8-5-11(7(3)4)10-9-8;2*1-6(2)8-5-9-11(10-8)7(3)4;2*1-5(2)7-9-8(6(3)4)11-10-7;1-5(2)7-9-10-8(11-7)6(3)4;2*1-5(2)7-9-8(6(3)4)11-10-7;2*1-5(2)7-8-10-11(9-7)6(3)4/h6*5-7H,1-4H3;7*5-6H,1-4H3. The zero-order valence-corrected chi connectivity index (χ0v) is 100. The van der Waals surface area contributed by atoms with Gasteiger partial charge in [0.05, 0.1) is 59.3 Å². The average Bonchev–Trinajstić information content (AvgIpc) is 1.86. The van der Waals surface area contributed by atoms with Gasteiger partial charge in [0.25, 0.3) is 0 Å². The van der Waals surface area contributed by atoms with E-state index in [1.165, 1.54) is 23.1 Å². The van der Waals surface area contributed by atoms with Crippen molar-refractivity contribution in [3.05, 3.63) is 139 Å². The molecule has 0 unspecified atom stereocenters. The topological polar surface area (TPSA) is 427 Å². The predicted octanol–water partition coefficient (Wildman–Crippen LogP) is 27.6. The summed E-state index contributed by atoms with van der Waals surface area (Å²) in [5.74, 6) is 16.3. The molecule has 41 heteroatoms. The largest absolute Gasteiger partial charge is 0.339 e. The molecule has 0 saturated heterocycles. The van der Waals surface area contributed by atoms with Gasteiger partial charge in [0, 0.05) is 119 Å². The van der Waals surface area contributed by atoms with Crippen molar-refractivity contribution in [2.75, 3.05) is 0 Å². The lowest BCUT2D eigenvalue weighted by Gasteiger charge is -2.02. The molecule has 13 heterocycles. The van der Waals surface area contributed by atoms with Gasteiger partial charge in [-0.2, -0.15) is 68.5 Å². The molecule has 13 rings (SSSR count). The van der Waals surface area contributed by atoms with Gasteiger partial charge in [-0.25, -0.2) is 29.3 Å². The second kappa shape index (κ2) is 66.1. The summed E-state index contributed by atoms with van der Waals surface area (Å²) in [5.41, 5.74) is 4.27. The summed E-state index contributed by atoms with van der Waals surface area (Å²) >= 11 is 4.78. The van der Waals surface area contributed by atoms with Gasteiger partial charge in [0.2, 0.25) is 11.8 Å². The molecule has 13 aromatic heterocycles. The fraction of sp³-hybridized carbons (Fsp3) is 0.765. The lowest BCUT2D eigenvalue weighted by Crippen LogP contribution is -2.05. The van der Waals surface area contributed by atoms with E-state index in [1.807, 2.05) is 98.9 Å². The Balaban J connectivity index is 0.000000775. The maximum atomic E-state index is 5.03. The van der Waals surface area contributed by atoms with Gasteiger partial charge in [-0.15, -0.1) is 52.1 Å². The van der Waals surface area contributed by atoms with Crippen LogP contribution in [0.3, 0.4) is 0 Å². The minimum absolute atomic E-state index is 0.301. The number of hydrogen-bond donors (Lipinski definition) is 0. The fourth-order valence-electron chi connectivity index (χ4n) is 9.77. The van der Waals surface area contributed by atoms with Gasteiger partial charge < -0.3 is 9.05 Å². The number of hydrogen-bond acceptors (Lipinski definition) is 33. The molecular formula is C102H188N36O2S3. The quantitative estimate of drug-likeness (QED) is 0.0486. The first-order valence-electron chi connectivity index (χ1n) is 51.7. The van der Waals surface area contributed by atoms with E-state index in [-0.39, 0.29) is 0 Å².